The number of anilines is 1. The zero-order chi connectivity index (χ0) is 14.1. The molecule has 3 rings (SSSR count). The molecule has 5 heteroatoms. The Morgan fingerprint density at radius 2 is 1.95 bits per heavy atom. The van der Waals surface area contributed by atoms with Gasteiger partial charge in [0.15, 0.2) is 0 Å². The number of fused-ring (bicyclic) bond motifs is 1. The Morgan fingerprint density at radius 1 is 1.15 bits per heavy atom. The van der Waals surface area contributed by atoms with Gasteiger partial charge in [0.05, 0.1) is 5.69 Å². The Balaban J connectivity index is 1.90. The molecule has 0 aliphatic rings. The van der Waals surface area contributed by atoms with Crippen LogP contribution in [0, 0.1) is 5.82 Å². The van der Waals surface area contributed by atoms with Crippen LogP contribution < -0.4 is 5.32 Å². The Morgan fingerprint density at radius 3 is 2.75 bits per heavy atom. The molecular formula is C15H10ClFN2O. The number of carbonyl (C=O) groups is 1. The maximum Gasteiger partial charge on any atom is 0.272 e. The van der Waals surface area contributed by atoms with Crippen LogP contribution in [0.5, 0.6) is 0 Å². The molecule has 0 bridgehead atoms. The lowest BCUT2D eigenvalue weighted by Gasteiger charge is -2.05. The molecular weight excluding hydrogens is 279 g/mol. The Kier molecular flexibility index (Phi) is 3.16. The summed E-state index contributed by atoms with van der Waals surface area (Å²) in [6, 6.07) is 13.2. The van der Waals surface area contributed by atoms with E-state index in [-0.39, 0.29) is 5.69 Å². The summed E-state index contributed by atoms with van der Waals surface area (Å²) in [6.07, 6.45) is 0. The molecule has 0 aliphatic heterocycles. The third-order valence-corrected chi connectivity index (χ3v) is 3.19. The van der Waals surface area contributed by atoms with Gasteiger partial charge in [-0.05, 0) is 30.3 Å². The lowest BCUT2D eigenvalue weighted by atomic mass is 10.2. The highest BCUT2D eigenvalue weighted by atomic mass is 35.5. The fourth-order valence-electron chi connectivity index (χ4n) is 1.98. The highest BCUT2D eigenvalue weighted by Gasteiger charge is 2.12. The van der Waals surface area contributed by atoms with Crippen molar-refractivity contribution in [2.75, 3.05) is 5.32 Å². The molecule has 3 aromatic rings. The number of H-pyrrole nitrogens is 1. The van der Waals surface area contributed by atoms with Crippen molar-refractivity contribution >= 4 is 34.1 Å². The Hall–Kier alpha value is -2.33. The molecule has 2 aromatic carbocycles. The van der Waals surface area contributed by atoms with Crippen LogP contribution >= 0.6 is 11.6 Å². The fourth-order valence-corrected chi connectivity index (χ4v) is 2.15. The summed E-state index contributed by atoms with van der Waals surface area (Å²) >= 11 is 5.78. The second-order valence-corrected chi connectivity index (χ2v) is 4.78. The van der Waals surface area contributed by atoms with Crippen molar-refractivity contribution in [3.63, 3.8) is 0 Å². The van der Waals surface area contributed by atoms with E-state index in [0.29, 0.717) is 10.7 Å². The number of para-hydroxylation sites is 1. The molecule has 1 amide bonds. The molecule has 0 radical (unpaired) electrons. The topological polar surface area (TPSA) is 44.9 Å². The smallest absolute Gasteiger partial charge is 0.272 e. The van der Waals surface area contributed by atoms with Crippen molar-refractivity contribution in [2.45, 2.75) is 0 Å². The zero-order valence-electron chi connectivity index (χ0n) is 10.3. The van der Waals surface area contributed by atoms with Crippen molar-refractivity contribution in [3.8, 4) is 0 Å². The molecule has 0 atom stereocenters. The highest BCUT2D eigenvalue weighted by molar-refractivity contribution is 6.31. The van der Waals surface area contributed by atoms with E-state index in [1.807, 2.05) is 24.3 Å². The van der Waals surface area contributed by atoms with Crippen LogP contribution in [0.4, 0.5) is 10.1 Å². The molecule has 0 aliphatic carbocycles. The number of rotatable bonds is 2. The lowest BCUT2D eigenvalue weighted by molar-refractivity contribution is 0.102. The lowest BCUT2D eigenvalue weighted by Crippen LogP contribution is -2.13. The van der Waals surface area contributed by atoms with Gasteiger partial charge in [0.2, 0.25) is 0 Å². The van der Waals surface area contributed by atoms with E-state index in [9.17, 15) is 9.18 Å². The molecule has 0 saturated heterocycles. The summed E-state index contributed by atoms with van der Waals surface area (Å²) in [4.78, 5) is 15.1. The van der Waals surface area contributed by atoms with Gasteiger partial charge in [0, 0.05) is 15.9 Å². The number of carbonyl (C=O) groups excluding carboxylic acids is 1. The fraction of sp³-hybridized carbons (Fsp3) is 0. The Bertz CT molecular complexity index is 764. The quantitative estimate of drug-likeness (QED) is 0.729. The molecule has 0 saturated carbocycles. The van der Waals surface area contributed by atoms with Gasteiger partial charge in [-0.15, -0.1) is 0 Å². The molecule has 20 heavy (non-hydrogen) atoms. The van der Waals surface area contributed by atoms with Gasteiger partial charge in [-0.25, -0.2) is 4.39 Å². The van der Waals surface area contributed by atoms with Crippen LogP contribution in [-0.4, -0.2) is 10.9 Å². The molecule has 0 spiro atoms. The molecule has 0 unspecified atom stereocenters. The second-order valence-electron chi connectivity index (χ2n) is 4.35. The van der Waals surface area contributed by atoms with Crippen LogP contribution in [-0.2, 0) is 0 Å². The van der Waals surface area contributed by atoms with Gasteiger partial charge < -0.3 is 10.3 Å². The standard InChI is InChI=1S/C15H10ClFN2O/c16-10-5-6-11(17)13(8-10)19-15(20)14-7-9-3-1-2-4-12(9)18-14/h1-8,18H,(H,19,20). The van der Waals surface area contributed by atoms with Crippen LogP contribution in [0.1, 0.15) is 10.5 Å². The van der Waals surface area contributed by atoms with Crippen molar-refractivity contribution < 1.29 is 9.18 Å². The van der Waals surface area contributed by atoms with E-state index in [2.05, 4.69) is 10.3 Å². The van der Waals surface area contributed by atoms with Crippen LogP contribution in [0.25, 0.3) is 10.9 Å². The summed E-state index contributed by atoms with van der Waals surface area (Å²) in [6.45, 7) is 0. The molecule has 1 aromatic heterocycles. The first-order chi connectivity index (χ1) is 9.63. The van der Waals surface area contributed by atoms with E-state index >= 15 is 0 Å². The van der Waals surface area contributed by atoms with Gasteiger partial charge in [-0.2, -0.15) is 0 Å². The minimum atomic E-state index is -0.529. The summed E-state index contributed by atoms with van der Waals surface area (Å²) in [7, 11) is 0. The number of halogens is 2. The van der Waals surface area contributed by atoms with E-state index < -0.39 is 11.7 Å². The average molecular weight is 289 g/mol. The summed E-state index contributed by atoms with van der Waals surface area (Å²) in [5, 5.41) is 3.78. The number of nitrogens with one attached hydrogen (secondary N) is 2. The summed E-state index contributed by atoms with van der Waals surface area (Å²) in [5.74, 6) is -0.943. The first-order valence-corrected chi connectivity index (χ1v) is 6.35. The first kappa shape index (κ1) is 12.7. The van der Waals surface area contributed by atoms with Crippen LogP contribution in [0.15, 0.2) is 48.5 Å². The van der Waals surface area contributed by atoms with E-state index in [4.69, 9.17) is 11.6 Å². The number of benzene rings is 2. The van der Waals surface area contributed by atoms with Crippen molar-refractivity contribution in [3.05, 3.63) is 65.1 Å². The van der Waals surface area contributed by atoms with E-state index in [1.165, 1.54) is 18.2 Å². The van der Waals surface area contributed by atoms with Gasteiger partial charge in [-0.1, -0.05) is 29.8 Å². The van der Waals surface area contributed by atoms with Crippen molar-refractivity contribution in [1.29, 1.82) is 0 Å². The van der Waals surface area contributed by atoms with Crippen LogP contribution in [0.3, 0.4) is 0 Å². The molecule has 3 nitrogen and oxygen atoms in total. The number of hydrogen-bond donors (Lipinski definition) is 2. The summed E-state index contributed by atoms with van der Waals surface area (Å²) < 4.78 is 13.6. The van der Waals surface area contributed by atoms with Crippen LogP contribution in [0.2, 0.25) is 5.02 Å². The highest BCUT2D eigenvalue weighted by Crippen LogP contribution is 2.21. The van der Waals surface area contributed by atoms with Gasteiger partial charge >= 0.3 is 0 Å². The summed E-state index contributed by atoms with van der Waals surface area (Å²) in [5.41, 5.74) is 1.27. The third kappa shape index (κ3) is 2.38. The second kappa shape index (κ2) is 4.98. The molecule has 1 heterocycles. The average Bonchev–Trinajstić information content (AvgIpc) is 2.87. The number of aromatic nitrogens is 1. The molecule has 100 valence electrons. The van der Waals surface area contributed by atoms with Crippen molar-refractivity contribution in [2.24, 2.45) is 0 Å². The third-order valence-electron chi connectivity index (χ3n) is 2.95. The predicted octanol–water partition coefficient (Wildman–Crippen LogP) is 4.21. The SMILES string of the molecule is O=C(Nc1cc(Cl)ccc1F)c1cc2ccccc2[nH]1. The predicted molar refractivity (Wildman–Crippen MR) is 77.7 cm³/mol. The van der Waals surface area contributed by atoms with Gasteiger partial charge in [-0.3, -0.25) is 4.79 Å². The monoisotopic (exact) mass is 288 g/mol. The van der Waals surface area contributed by atoms with Gasteiger partial charge in [0.1, 0.15) is 11.5 Å². The number of hydrogen-bond acceptors (Lipinski definition) is 1. The largest absolute Gasteiger partial charge is 0.351 e. The minimum absolute atomic E-state index is 0.0566. The molecule has 0 fully saturated rings. The Labute approximate surface area is 119 Å². The number of amides is 1. The van der Waals surface area contributed by atoms with E-state index in [1.54, 1.807) is 6.07 Å². The van der Waals surface area contributed by atoms with Gasteiger partial charge in [0.25, 0.3) is 5.91 Å². The zero-order valence-corrected chi connectivity index (χ0v) is 11.0. The van der Waals surface area contributed by atoms with Crippen molar-refractivity contribution in [1.82, 2.24) is 4.98 Å². The minimum Gasteiger partial charge on any atom is -0.351 e. The first-order valence-electron chi connectivity index (χ1n) is 5.97. The maximum atomic E-state index is 13.6. The maximum absolute atomic E-state index is 13.6. The number of aromatic amines is 1. The normalized spacial score (nSPS) is 10.7. The molecule has 2 N–H and O–H groups in total. The van der Waals surface area contributed by atoms with E-state index in [0.717, 1.165) is 10.9 Å².